The van der Waals surface area contributed by atoms with Crippen molar-refractivity contribution in [3.8, 4) is 0 Å². The number of allylic oxidation sites excluding steroid dienone is 2. The Kier molecular flexibility index (Phi) is 1.18. The molecule has 0 aromatic carbocycles. The lowest BCUT2D eigenvalue weighted by molar-refractivity contribution is 1.36. The molecule has 0 nitrogen and oxygen atoms in total. The summed E-state index contributed by atoms with van der Waals surface area (Å²) in [6.07, 6.45) is 1.88. The normalized spacial score (nSPS) is 9.60. The van der Waals surface area contributed by atoms with E-state index < -0.39 is 0 Å². The van der Waals surface area contributed by atoms with Crippen molar-refractivity contribution in [3.63, 3.8) is 0 Å². The van der Waals surface area contributed by atoms with Crippen LogP contribution in [0, 0.1) is 0 Å². The maximum absolute atomic E-state index is 6.66. The molecule has 0 radical (unpaired) electrons. The monoisotopic (exact) mass is 71.1 g/mol. The zero-order chi connectivity index (χ0) is 4.99. The van der Waals surface area contributed by atoms with Gasteiger partial charge >= 0.3 is 0 Å². The molecule has 0 heteroatoms. The van der Waals surface area contributed by atoms with E-state index in [1.807, 2.05) is 19.9 Å². The van der Waals surface area contributed by atoms with Gasteiger partial charge < -0.3 is 0 Å². The van der Waals surface area contributed by atoms with Crippen LogP contribution in [0.5, 0.6) is 0 Å². The summed E-state index contributed by atoms with van der Waals surface area (Å²) < 4.78 is 6.66. The zero-order valence-corrected chi connectivity index (χ0v) is 3.78. The molecule has 0 rings (SSSR count). The Morgan fingerprint density at radius 3 is 2.40 bits per heavy atom. The van der Waals surface area contributed by atoms with Crippen molar-refractivity contribution in [2.45, 2.75) is 20.7 Å². The van der Waals surface area contributed by atoms with E-state index in [2.05, 4.69) is 0 Å². The molecule has 0 atom stereocenters. The second-order valence-corrected chi connectivity index (χ2v) is 1.28. The number of hydrogen-bond acceptors (Lipinski definition) is 0. The Hall–Kier alpha value is -0.260. The first-order chi connectivity index (χ1) is 2.77. The van der Waals surface area contributed by atoms with Gasteiger partial charge in [0.05, 0.1) is 0 Å². The molecular weight excluding hydrogens is 60.1 g/mol. The molecule has 0 aliphatic heterocycles. The number of hydrogen-bond donors (Lipinski definition) is 0. The first-order valence-corrected chi connectivity index (χ1v) is 1.70. The van der Waals surface area contributed by atoms with Crippen LogP contribution in [0.3, 0.4) is 0 Å². The highest BCUT2D eigenvalue weighted by atomic mass is 13.7. The van der Waals surface area contributed by atoms with Gasteiger partial charge in [-0.1, -0.05) is 11.6 Å². The fourth-order valence-electron chi connectivity index (χ4n) is 0. The van der Waals surface area contributed by atoms with Gasteiger partial charge in [-0.3, -0.25) is 0 Å². The lowest BCUT2D eigenvalue weighted by atomic mass is 10.3. The van der Waals surface area contributed by atoms with Crippen molar-refractivity contribution in [2.24, 2.45) is 0 Å². The first-order valence-electron chi connectivity index (χ1n) is 2.40. The Bertz CT molecular complexity index is 51.0. The van der Waals surface area contributed by atoms with Crippen LogP contribution < -0.4 is 0 Å². The predicted octanol–water partition coefficient (Wildman–Crippen LogP) is 1.97. The highest BCUT2D eigenvalue weighted by molar-refractivity contribution is 4.88. The standard InChI is InChI=1S/C5H10/c1-4-5(2)3/h4H,1-3H3/i1D. The molecular formula is C5H10. The van der Waals surface area contributed by atoms with E-state index >= 15 is 0 Å². The zero-order valence-electron chi connectivity index (χ0n) is 4.78. The van der Waals surface area contributed by atoms with Crippen molar-refractivity contribution in [2.75, 3.05) is 0 Å². The molecule has 0 spiro atoms. The van der Waals surface area contributed by atoms with E-state index in [1.54, 1.807) is 0 Å². The Morgan fingerprint density at radius 1 is 1.80 bits per heavy atom. The van der Waals surface area contributed by atoms with E-state index in [1.165, 1.54) is 5.57 Å². The van der Waals surface area contributed by atoms with Crippen molar-refractivity contribution in [1.82, 2.24) is 0 Å². The summed E-state index contributed by atoms with van der Waals surface area (Å²) in [5.41, 5.74) is 1.23. The third-order valence-corrected chi connectivity index (χ3v) is 0.408. The summed E-state index contributed by atoms with van der Waals surface area (Å²) in [6, 6.07) is 0. The summed E-state index contributed by atoms with van der Waals surface area (Å²) in [5, 5.41) is 0. The maximum atomic E-state index is 6.66. The van der Waals surface area contributed by atoms with Gasteiger partial charge in [-0.25, -0.2) is 0 Å². The smallest absolute Gasteiger partial charge is 0.0273 e. The number of rotatable bonds is 0. The molecule has 0 fully saturated rings. The Labute approximate surface area is 34.9 Å². The third-order valence-electron chi connectivity index (χ3n) is 0.408. The fraction of sp³-hybridized carbons (Fsp3) is 0.600. The van der Waals surface area contributed by atoms with Crippen LogP contribution in [0.4, 0.5) is 0 Å². The van der Waals surface area contributed by atoms with Gasteiger partial charge in [0.25, 0.3) is 0 Å². The van der Waals surface area contributed by atoms with Crippen LogP contribution >= 0.6 is 0 Å². The quantitative estimate of drug-likeness (QED) is 0.383. The van der Waals surface area contributed by atoms with Gasteiger partial charge in [-0.15, -0.1) is 0 Å². The molecule has 0 aliphatic rings. The maximum Gasteiger partial charge on any atom is 0.0273 e. The van der Waals surface area contributed by atoms with Crippen molar-refractivity contribution in [1.29, 1.82) is 0 Å². The van der Waals surface area contributed by atoms with Crippen LogP contribution in [0.1, 0.15) is 22.1 Å². The summed E-state index contributed by atoms with van der Waals surface area (Å²) in [6.45, 7) is 4.41. The molecule has 0 N–H and O–H groups in total. The molecule has 0 saturated carbocycles. The van der Waals surface area contributed by atoms with Crippen LogP contribution in [0.2, 0.25) is 0 Å². The molecule has 0 unspecified atom stereocenters. The molecule has 0 amide bonds. The van der Waals surface area contributed by atoms with Crippen molar-refractivity contribution >= 4 is 0 Å². The lowest BCUT2D eigenvalue weighted by Gasteiger charge is -1.74. The SMILES string of the molecule is [2H]CC=C(C)C. The van der Waals surface area contributed by atoms with Crippen LogP contribution in [0.15, 0.2) is 11.6 Å². The van der Waals surface area contributed by atoms with E-state index in [0.717, 1.165) is 0 Å². The molecule has 0 aromatic heterocycles. The largest absolute Gasteiger partial charge is 0.0890 e. The molecule has 30 valence electrons. The van der Waals surface area contributed by atoms with Crippen LogP contribution in [-0.2, 0) is 0 Å². The topological polar surface area (TPSA) is 0 Å². The molecule has 0 saturated heterocycles. The molecule has 0 heterocycles. The summed E-state index contributed by atoms with van der Waals surface area (Å²) >= 11 is 0. The predicted molar refractivity (Wildman–Crippen MR) is 25.1 cm³/mol. The minimum Gasteiger partial charge on any atom is -0.0890 e. The third kappa shape index (κ3) is 3.74. The van der Waals surface area contributed by atoms with Crippen molar-refractivity contribution < 1.29 is 1.37 Å². The molecule has 0 aliphatic carbocycles. The highest BCUT2D eigenvalue weighted by Gasteiger charge is 1.60. The van der Waals surface area contributed by atoms with Crippen LogP contribution in [0.25, 0.3) is 0 Å². The van der Waals surface area contributed by atoms with Gasteiger partial charge in [-0.05, 0) is 20.7 Å². The van der Waals surface area contributed by atoms with Gasteiger partial charge in [-0.2, -0.15) is 0 Å². The summed E-state index contributed by atoms with van der Waals surface area (Å²) in [5.74, 6) is 0. The van der Waals surface area contributed by atoms with Crippen molar-refractivity contribution in [3.05, 3.63) is 11.6 Å². The Morgan fingerprint density at radius 2 is 2.40 bits per heavy atom. The average Bonchev–Trinajstić information content (AvgIpc) is 1.35. The van der Waals surface area contributed by atoms with E-state index in [9.17, 15) is 0 Å². The fourth-order valence-corrected chi connectivity index (χ4v) is 0. The minimum absolute atomic E-state index is 0.419. The molecule has 0 aromatic rings. The van der Waals surface area contributed by atoms with E-state index in [-0.39, 0.29) is 0 Å². The second-order valence-electron chi connectivity index (χ2n) is 1.28. The van der Waals surface area contributed by atoms with Crippen LogP contribution in [-0.4, -0.2) is 0 Å². The second kappa shape index (κ2) is 2.01. The summed E-state index contributed by atoms with van der Waals surface area (Å²) in [4.78, 5) is 0. The highest BCUT2D eigenvalue weighted by Crippen LogP contribution is 1.82. The average molecular weight is 71.1 g/mol. The lowest BCUT2D eigenvalue weighted by Crippen LogP contribution is -1.52. The first kappa shape index (κ1) is 2.95. The van der Waals surface area contributed by atoms with E-state index in [4.69, 9.17) is 1.37 Å². The van der Waals surface area contributed by atoms with Gasteiger partial charge in [0.2, 0.25) is 0 Å². The van der Waals surface area contributed by atoms with Gasteiger partial charge in [0, 0.05) is 1.37 Å². The molecule has 0 bridgehead atoms. The summed E-state index contributed by atoms with van der Waals surface area (Å²) in [7, 11) is 0. The van der Waals surface area contributed by atoms with Gasteiger partial charge in [0.15, 0.2) is 0 Å². The Balaban J connectivity index is 3.14. The van der Waals surface area contributed by atoms with E-state index in [0.29, 0.717) is 6.90 Å². The van der Waals surface area contributed by atoms with Gasteiger partial charge in [0.1, 0.15) is 0 Å². The minimum atomic E-state index is 0.419. The molecule has 5 heavy (non-hydrogen) atoms.